The lowest BCUT2D eigenvalue weighted by Crippen LogP contribution is -2.12. The Morgan fingerprint density at radius 1 is 1.38 bits per heavy atom. The summed E-state index contributed by atoms with van der Waals surface area (Å²) in [5, 5.41) is 2.73. The first-order valence-corrected chi connectivity index (χ1v) is 4.86. The highest BCUT2D eigenvalue weighted by Gasteiger charge is 2.00. The van der Waals surface area contributed by atoms with Gasteiger partial charge in [-0.1, -0.05) is 32.4 Å². The van der Waals surface area contributed by atoms with Gasteiger partial charge in [0.25, 0.3) is 0 Å². The normalized spacial score (nSPS) is 12.8. The standard InChI is InChI=1S/C11H19NO/c1-4-7-10(6-3)11(8-5-2)12-9-13/h6,8-9H,4-5,7H2,1-3H3,(H,12,13)/b10-6-,11-8+. The highest BCUT2D eigenvalue weighted by molar-refractivity contribution is 5.53. The maximum atomic E-state index is 10.3. The highest BCUT2D eigenvalue weighted by atomic mass is 16.1. The summed E-state index contributed by atoms with van der Waals surface area (Å²) in [6, 6.07) is 0. The van der Waals surface area contributed by atoms with E-state index in [2.05, 4.69) is 25.2 Å². The Morgan fingerprint density at radius 2 is 2.08 bits per heavy atom. The molecule has 0 saturated carbocycles. The molecule has 0 rings (SSSR count). The molecule has 1 amide bonds. The van der Waals surface area contributed by atoms with Gasteiger partial charge in [-0.05, 0) is 25.3 Å². The van der Waals surface area contributed by atoms with E-state index in [1.807, 2.05) is 13.0 Å². The van der Waals surface area contributed by atoms with Gasteiger partial charge < -0.3 is 5.32 Å². The van der Waals surface area contributed by atoms with Crippen LogP contribution < -0.4 is 5.32 Å². The summed E-state index contributed by atoms with van der Waals surface area (Å²) < 4.78 is 0. The second kappa shape index (κ2) is 7.59. The van der Waals surface area contributed by atoms with Gasteiger partial charge in [-0.2, -0.15) is 0 Å². The van der Waals surface area contributed by atoms with Gasteiger partial charge in [0.2, 0.25) is 6.41 Å². The molecule has 2 nitrogen and oxygen atoms in total. The molecule has 0 saturated heterocycles. The van der Waals surface area contributed by atoms with Gasteiger partial charge in [0.1, 0.15) is 0 Å². The van der Waals surface area contributed by atoms with E-state index in [9.17, 15) is 4.79 Å². The van der Waals surface area contributed by atoms with Crippen LogP contribution in [0.2, 0.25) is 0 Å². The monoisotopic (exact) mass is 181 g/mol. The Morgan fingerprint density at radius 3 is 2.46 bits per heavy atom. The lowest BCUT2D eigenvalue weighted by Gasteiger charge is -2.09. The average molecular weight is 181 g/mol. The van der Waals surface area contributed by atoms with Crippen molar-refractivity contribution >= 4 is 6.41 Å². The van der Waals surface area contributed by atoms with Crippen LogP contribution in [-0.4, -0.2) is 6.41 Å². The first-order valence-electron chi connectivity index (χ1n) is 4.86. The molecule has 74 valence electrons. The van der Waals surface area contributed by atoms with Crippen molar-refractivity contribution in [2.75, 3.05) is 0 Å². The summed E-state index contributed by atoms with van der Waals surface area (Å²) in [5.74, 6) is 0. The number of amides is 1. The van der Waals surface area contributed by atoms with Crippen LogP contribution in [0.25, 0.3) is 0 Å². The van der Waals surface area contributed by atoms with Gasteiger partial charge in [0, 0.05) is 5.70 Å². The van der Waals surface area contributed by atoms with E-state index in [0.717, 1.165) is 31.4 Å². The van der Waals surface area contributed by atoms with E-state index in [-0.39, 0.29) is 0 Å². The molecule has 1 N–H and O–H groups in total. The first kappa shape index (κ1) is 11.9. The Hall–Kier alpha value is -1.05. The molecular formula is C11H19NO. The molecule has 0 unspecified atom stereocenters. The number of carbonyl (C=O) groups is 1. The zero-order valence-electron chi connectivity index (χ0n) is 8.76. The zero-order chi connectivity index (χ0) is 10.1. The molecule has 0 aliphatic carbocycles. The Labute approximate surface area is 80.7 Å². The van der Waals surface area contributed by atoms with Crippen molar-refractivity contribution in [2.45, 2.75) is 40.0 Å². The molecule has 2 heteroatoms. The molecule has 0 spiro atoms. The van der Waals surface area contributed by atoms with Gasteiger partial charge in [-0.3, -0.25) is 4.79 Å². The van der Waals surface area contributed by atoms with Crippen molar-refractivity contribution in [3.63, 3.8) is 0 Å². The highest BCUT2D eigenvalue weighted by Crippen LogP contribution is 2.13. The summed E-state index contributed by atoms with van der Waals surface area (Å²) in [5.41, 5.74) is 2.18. The predicted octanol–water partition coefficient (Wildman–Crippen LogP) is 2.77. The van der Waals surface area contributed by atoms with Crippen LogP contribution in [0.15, 0.2) is 23.4 Å². The van der Waals surface area contributed by atoms with E-state index < -0.39 is 0 Å². The Bertz CT molecular complexity index is 204. The topological polar surface area (TPSA) is 29.1 Å². The number of rotatable bonds is 6. The summed E-state index contributed by atoms with van der Waals surface area (Å²) in [6.07, 6.45) is 7.89. The fourth-order valence-electron chi connectivity index (χ4n) is 1.25. The van der Waals surface area contributed by atoms with Gasteiger partial charge >= 0.3 is 0 Å². The number of nitrogens with one attached hydrogen (secondary N) is 1. The molecule has 0 aromatic heterocycles. The van der Waals surface area contributed by atoms with Gasteiger partial charge in [0.05, 0.1) is 0 Å². The first-order chi connectivity index (χ1) is 6.29. The van der Waals surface area contributed by atoms with Gasteiger partial charge in [0.15, 0.2) is 0 Å². The number of hydrogen-bond acceptors (Lipinski definition) is 1. The molecule has 0 radical (unpaired) electrons. The molecule has 0 heterocycles. The van der Waals surface area contributed by atoms with Crippen molar-refractivity contribution in [2.24, 2.45) is 0 Å². The molecule has 0 aliphatic heterocycles. The van der Waals surface area contributed by atoms with Crippen molar-refractivity contribution < 1.29 is 4.79 Å². The second-order valence-corrected chi connectivity index (χ2v) is 2.85. The number of hydrogen-bond donors (Lipinski definition) is 1. The maximum absolute atomic E-state index is 10.3. The van der Waals surface area contributed by atoms with Crippen LogP contribution in [0.3, 0.4) is 0 Å². The molecule has 0 aliphatic rings. The lowest BCUT2D eigenvalue weighted by molar-refractivity contribution is -0.108. The predicted molar refractivity (Wildman–Crippen MR) is 56.2 cm³/mol. The molecule has 0 atom stereocenters. The second-order valence-electron chi connectivity index (χ2n) is 2.85. The minimum Gasteiger partial charge on any atom is -0.329 e. The molecule has 0 aromatic rings. The van der Waals surface area contributed by atoms with Crippen molar-refractivity contribution in [1.29, 1.82) is 0 Å². The van der Waals surface area contributed by atoms with E-state index in [4.69, 9.17) is 0 Å². The minimum absolute atomic E-state index is 0.737. The maximum Gasteiger partial charge on any atom is 0.211 e. The fourth-order valence-corrected chi connectivity index (χ4v) is 1.25. The SMILES string of the molecule is C/C=C(CCC)\C(=C/CC)NC=O. The largest absolute Gasteiger partial charge is 0.329 e. The van der Waals surface area contributed by atoms with E-state index >= 15 is 0 Å². The van der Waals surface area contributed by atoms with Crippen LogP contribution in [-0.2, 0) is 4.79 Å². The van der Waals surface area contributed by atoms with Crippen LogP contribution in [0.1, 0.15) is 40.0 Å². The van der Waals surface area contributed by atoms with Gasteiger partial charge in [-0.15, -0.1) is 0 Å². The number of carbonyl (C=O) groups excluding carboxylic acids is 1. The third-order valence-electron chi connectivity index (χ3n) is 1.84. The summed E-state index contributed by atoms with van der Waals surface area (Å²) in [7, 11) is 0. The van der Waals surface area contributed by atoms with Crippen molar-refractivity contribution in [3.8, 4) is 0 Å². The quantitative estimate of drug-likeness (QED) is 0.495. The Balaban J connectivity index is 4.49. The fraction of sp³-hybridized carbons (Fsp3) is 0.545. The molecular weight excluding hydrogens is 162 g/mol. The smallest absolute Gasteiger partial charge is 0.211 e. The molecule has 0 bridgehead atoms. The van der Waals surface area contributed by atoms with E-state index in [1.165, 1.54) is 5.57 Å². The molecule has 0 aromatic carbocycles. The number of allylic oxidation sites excluding steroid dienone is 3. The van der Waals surface area contributed by atoms with Crippen molar-refractivity contribution in [3.05, 3.63) is 23.4 Å². The summed E-state index contributed by atoms with van der Waals surface area (Å²) in [6.45, 7) is 6.20. The zero-order valence-corrected chi connectivity index (χ0v) is 8.76. The lowest BCUT2D eigenvalue weighted by atomic mass is 10.1. The average Bonchev–Trinajstić information content (AvgIpc) is 2.14. The van der Waals surface area contributed by atoms with Crippen LogP contribution in [0.5, 0.6) is 0 Å². The van der Waals surface area contributed by atoms with Crippen LogP contribution in [0.4, 0.5) is 0 Å². The third kappa shape index (κ3) is 4.51. The summed E-state index contributed by atoms with van der Waals surface area (Å²) in [4.78, 5) is 10.3. The van der Waals surface area contributed by atoms with Crippen LogP contribution >= 0.6 is 0 Å². The molecule has 13 heavy (non-hydrogen) atoms. The van der Waals surface area contributed by atoms with E-state index in [0.29, 0.717) is 0 Å². The summed E-state index contributed by atoms with van der Waals surface area (Å²) >= 11 is 0. The molecule has 0 fully saturated rings. The third-order valence-corrected chi connectivity index (χ3v) is 1.84. The van der Waals surface area contributed by atoms with E-state index in [1.54, 1.807) is 0 Å². The Kier molecular flexibility index (Phi) is 6.98. The minimum atomic E-state index is 0.737. The van der Waals surface area contributed by atoms with Gasteiger partial charge in [-0.25, -0.2) is 0 Å². The van der Waals surface area contributed by atoms with Crippen LogP contribution in [0, 0.1) is 0 Å². The van der Waals surface area contributed by atoms with Crippen molar-refractivity contribution in [1.82, 2.24) is 5.32 Å².